The Morgan fingerprint density at radius 3 is 2.81 bits per heavy atom. The van der Waals surface area contributed by atoms with Crippen LogP contribution in [0, 0.1) is 5.41 Å². The number of aromatic nitrogens is 3. The zero-order valence-corrected chi connectivity index (χ0v) is 9.53. The third-order valence-electron chi connectivity index (χ3n) is 2.22. The minimum absolute atomic E-state index is 0.0352. The van der Waals surface area contributed by atoms with Crippen molar-refractivity contribution in [2.24, 2.45) is 5.41 Å². The molecule has 0 saturated carbocycles. The van der Waals surface area contributed by atoms with Gasteiger partial charge in [-0.2, -0.15) is 0 Å². The van der Waals surface area contributed by atoms with E-state index in [9.17, 15) is 4.79 Å². The average molecular weight is 218 g/mol. The number of nitrogens with zero attached hydrogens (tertiary/aromatic N) is 2. The minimum atomic E-state index is -0.414. The van der Waals surface area contributed by atoms with Gasteiger partial charge in [-0.3, -0.25) is 4.79 Å². The Morgan fingerprint density at radius 1 is 1.44 bits per heavy atom. The molecule has 0 saturated heterocycles. The summed E-state index contributed by atoms with van der Waals surface area (Å²) in [5.74, 6) is 0.613. The second-order valence-electron chi connectivity index (χ2n) is 4.71. The van der Waals surface area contributed by atoms with Crippen LogP contribution in [-0.4, -0.2) is 20.9 Å². The predicted molar refractivity (Wildman–Crippen MR) is 62.0 cm³/mol. The maximum Gasteiger partial charge on any atom is 0.230 e. The van der Waals surface area contributed by atoms with Gasteiger partial charge in [0.2, 0.25) is 5.91 Å². The van der Waals surface area contributed by atoms with E-state index in [1.807, 2.05) is 26.8 Å². The smallest absolute Gasteiger partial charge is 0.230 e. The molecule has 16 heavy (non-hydrogen) atoms. The fraction of sp³-hybridized carbons (Fsp3) is 0.364. The minimum Gasteiger partial charge on any atom is -0.326 e. The van der Waals surface area contributed by atoms with Crippen LogP contribution in [0.4, 0.5) is 5.82 Å². The van der Waals surface area contributed by atoms with E-state index in [4.69, 9.17) is 0 Å². The lowest BCUT2D eigenvalue weighted by Gasteiger charge is -2.16. The van der Waals surface area contributed by atoms with Gasteiger partial charge >= 0.3 is 0 Å². The van der Waals surface area contributed by atoms with Gasteiger partial charge in [-0.15, -0.1) is 0 Å². The molecule has 0 aliphatic carbocycles. The molecule has 0 fully saturated rings. The van der Waals surface area contributed by atoms with E-state index in [1.165, 1.54) is 6.33 Å². The van der Waals surface area contributed by atoms with Crippen molar-refractivity contribution in [3.63, 3.8) is 0 Å². The fourth-order valence-electron chi connectivity index (χ4n) is 1.25. The first-order valence-electron chi connectivity index (χ1n) is 5.07. The van der Waals surface area contributed by atoms with Crippen molar-refractivity contribution in [1.82, 2.24) is 15.0 Å². The van der Waals surface area contributed by atoms with E-state index in [0.29, 0.717) is 5.82 Å². The van der Waals surface area contributed by atoms with Gasteiger partial charge in [0.15, 0.2) is 0 Å². The number of carbonyl (C=O) groups is 1. The monoisotopic (exact) mass is 218 g/mol. The molecule has 0 aromatic carbocycles. The van der Waals surface area contributed by atoms with Crippen molar-refractivity contribution in [3.8, 4) is 0 Å². The summed E-state index contributed by atoms with van der Waals surface area (Å²) in [6.45, 7) is 5.60. The maximum atomic E-state index is 11.7. The lowest BCUT2D eigenvalue weighted by Crippen LogP contribution is -2.27. The molecule has 84 valence electrons. The molecule has 0 aliphatic rings. The van der Waals surface area contributed by atoms with Crippen LogP contribution in [0.15, 0.2) is 18.6 Å². The van der Waals surface area contributed by atoms with Crippen LogP contribution in [0.5, 0.6) is 0 Å². The van der Waals surface area contributed by atoms with Crippen LogP contribution in [-0.2, 0) is 4.79 Å². The standard InChI is InChI=1S/C11H14N4O/c1-11(2,3)10(16)15-8-4-7-5-12-6-13-9(7)14-8/h4-6H,1-3H3,(H,15,16)(H,12,13,14). The summed E-state index contributed by atoms with van der Waals surface area (Å²) in [7, 11) is 0. The molecule has 5 heteroatoms. The summed E-state index contributed by atoms with van der Waals surface area (Å²) in [6.07, 6.45) is 3.17. The highest BCUT2D eigenvalue weighted by Crippen LogP contribution is 2.19. The first-order chi connectivity index (χ1) is 7.47. The Bertz CT molecular complexity index is 491. The van der Waals surface area contributed by atoms with Gasteiger partial charge in [-0.05, 0) is 6.07 Å². The zero-order chi connectivity index (χ0) is 11.8. The van der Waals surface area contributed by atoms with E-state index in [2.05, 4.69) is 20.3 Å². The van der Waals surface area contributed by atoms with E-state index >= 15 is 0 Å². The third-order valence-corrected chi connectivity index (χ3v) is 2.22. The van der Waals surface area contributed by atoms with Crippen molar-refractivity contribution < 1.29 is 4.79 Å². The van der Waals surface area contributed by atoms with Gasteiger partial charge in [0.1, 0.15) is 17.8 Å². The summed E-state index contributed by atoms with van der Waals surface area (Å²) in [4.78, 5) is 22.7. The number of hydrogen-bond donors (Lipinski definition) is 2. The molecule has 2 heterocycles. The van der Waals surface area contributed by atoms with Crippen molar-refractivity contribution in [2.75, 3.05) is 5.32 Å². The van der Waals surface area contributed by atoms with Crippen molar-refractivity contribution in [3.05, 3.63) is 18.6 Å². The van der Waals surface area contributed by atoms with Crippen molar-refractivity contribution in [1.29, 1.82) is 0 Å². The van der Waals surface area contributed by atoms with Crippen LogP contribution in [0.3, 0.4) is 0 Å². The molecule has 2 aromatic heterocycles. The van der Waals surface area contributed by atoms with Crippen LogP contribution in [0.1, 0.15) is 20.8 Å². The highest BCUT2D eigenvalue weighted by molar-refractivity contribution is 5.95. The summed E-state index contributed by atoms with van der Waals surface area (Å²) < 4.78 is 0. The number of anilines is 1. The Balaban J connectivity index is 2.25. The lowest BCUT2D eigenvalue weighted by molar-refractivity contribution is -0.123. The Labute approximate surface area is 93.3 Å². The lowest BCUT2D eigenvalue weighted by atomic mass is 9.96. The van der Waals surface area contributed by atoms with E-state index in [0.717, 1.165) is 11.0 Å². The number of fused-ring (bicyclic) bond motifs is 1. The number of carbonyl (C=O) groups excluding carboxylic acids is 1. The number of H-pyrrole nitrogens is 1. The number of amides is 1. The summed E-state index contributed by atoms with van der Waals surface area (Å²) in [5.41, 5.74) is 0.308. The van der Waals surface area contributed by atoms with Gasteiger partial charge in [0.05, 0.1) is 0 Å². The van der Waals surface area contributed by atoms with E-state index in [-0.39, 0.29) is 5.91 Å². The molecular formula is C11H14N4O. The second kappa shape index (κ2) is 3.59. The number of hydrogen-bond acceptors (Lipinski definition) is 3. The molecule has 2 rings (SSSR count). The third kappa shape index (κ3) is 2.03. The van der Waals surface area contributed by atoms with E-state index in [1.54, 1.807) is 6.20 Å². The van der Waals surface area contributed by atoms with Crippen LogP contribution in [0.25, 0.3) is 11.0 Å². The average Bonchev–Trinajstić information content (AvgIpc) is 2.58. The molecule has 2 N–H and O–H groups in total. The van der Waals surface area contributed by atoms with Crippen molar-refractivity contribution in [2.45, 2.75) is 20.8 Å². The Morgan fingerprint density at radius 2 is 2.19 bits per heavy atom. The van der Waals surface area contributed by atoms with Crippen LogP contribution >= 0.6 is 0 Å². The van der Waals surface area contributed by atoms with Crippen LogP contribution < -0.4 is 5.32 Å². The topological polar surface area (TPSA) is 70.7 Å². The van der Waals surface area contributed by atoms with Gasteiger partial charge in [-0.1, -0.05) is 20.8 Å². The highest BCUT2D eigenvalue weighted by Gasteiger charge is 2.21. The highest BCUT2D eigenvalue weighted by atomic mass is 16.2. The van der Waals surface area contributed by atoms with Gasteiger partial charge in [0.25, 0.3) is 0 Å². The second-order valence-corrected chi connectivity index (χ2v) is 4.71. The predicted octanol–water partition coefficient (Wildman–Crippen LogP) is 1.94. The molecule has 5 nitrogen and oxygen atoms in total. The molecular weight excluding hydrogens is 204 g/mol. The molecule has 0 bridgehead atoms. The van der Waals surface area contributed by atoms with Crippen molar-refractivity contribution >= 4 is 22.8 Å². The Hall–Kier alpha value is -1.91. The maximum absolute atomic E-state index is 11.7. The quantitative estimate of drug-likeness (QED) is 0.768. The molecule has 0 atom stereocenters. The molecule has 0 radical (unpaired) electrons. The fourth-order valence-corrected chi connectivity index (χ4v) is 1.25. The first-order valence-corrected chi connectivity index (χ1v) is 5.07. The number of aromatic amines is 1. The van der Waals surface area contributed by atoms with Gasteiger partial charge in [-0.25, -0.2) is 9.97 Å². The van der Waals surface area contributed by atoms with Crippen LogP contribution in [0.2, 0.25) is 0 Å². The largest absolute Gasteiger partial charge is 0.326 e. The normalized spacial score (nSPS) is 11.7. The summed E-state index contributed by atoms with van der Waals surface area (Å²) in [5, 5.41) is 3.69. The number of rotatable bonds is 1. The van der Waals surface area contributed by atoms with Gasteiger partial charge in [0, 0.05) is 17.0 Å². The molecule has 1 amide bonds. The molecule has 0 unspecified atom stereocenters. The number of nitrogens with one attached hydrogen (secondary N) is 2. The molecule has 0 aliphatic heterocycles. The zero-order valence-electron chi connectivity index (χ0n) is 9.53. The molecule has 0 spiro atoms. The molecule has 2 aromatic rings. The van der Waals surface area contributed by atoms with E-state index < -0.39 is 5.41 Å². The summed E-state index contributed by atoms with van der Waals surface area (Å²) in [6, 6.07) is 1.82. The first kappa shape index (κ1) is 10.6. The summed E-state index contributed by atoms with van der Waals surface area (Å²) >= 11 is 0. The SMILES string of the molecule is CC(C)(C)C(=O)Nc1cc2cncnc2[nH]1. The van der Waals surface area contributed by atoms with Gasteiger partial charge < -0.3 is 10.3 Å². The Kier molecular flexibility index (Phi) is 2.38.